The lowest BCUT2D eigenvalue weighted by Crippen LogP contribution is -2.26. The van der Waals surface area contributed by atoms with Gasteiger partial charge in [-0.15, -0.1) is 0 Å². The van der Waals surface area contributed by atoms with E-state index in [1.807, 2.05) is 6.26 Å². The first kappa shape index (κ1) is 14.8. The Kier molecular flexibility index (Phi) is 4.97. The Morgan fingerprint density at radius 2 is 2.15 bits per heavy atom. The molecule has 2 aromatic rings. The molecule has 0 bridgehead atoms. The van der Waals surface area contributed by atoms with Crippen LogP contribution in [0, 0.1) is 0 Å². The number of carbonyl (C=O) groups excluding carboxylic acids is 1. The molecule has 0 spiro atoms. The molecule has 6 nitrogen and oxygen atoms in total. The number of aromatic nitrogens is 4. The van der Waals surface area contributed by atoms with Crippen LogP contribution in [0.5, 0.6) is 0 Å². The minimum absolute atomic E-state index is 0.00473. The summed E-state index contributed by atoms with van der Waals surface area (Å²) < 4.78 is 1.55. The Morgan fingerprint density at radius 3 is 2.80 bits per heavy atom. The Balaban J connectivity index is 2.21. The first-order chi connectivity index (χ1) is 9.63. The van der Waals surface area contributed by atoms with Gasteiger partial charge in [0.25, 0.3) is 0 Å². The first-order valence-electron chi connectivity index (χ1n) is 5.89. The number of rotatable bonds is 5. The Bertz CT molecular complexity index is 589. The molecule has 2 rings (SSSR count). The third kappa shape index (κ3) is 3.29. The minimum Gasteiger partial charge on any atom is -0.311 e. The van der Waals surface area contributed by atoms with Gasteiger partial charge in [0, 0.05) is 19.2 Å². The van der Waals surface area contributed by atoms with E-state index in [0.717, 1.165) is 5.75 Å². The fourth-order valence-corrected chi connectivity index (χ4v) is 2.24. The zero-order chi connectivity index (χ0) is 14.5. The summed E-state index contributed by atoms with van der Waals surface area (Å²) in [7, 11) is 1.69. The number of carbonyl (C=O) groups is 1. The van der Waals surface area contributed by atoms with Crippen molar-refractivity contribution < 1.29 is 4.79 Å². The van der Waals surface area contributed by atoms with Crippen molar-refractivity contribution in [2.24, 2.45) is 0 Å². The highest BCUT2D eigenvalue weighted by molar-refractivity contribution is 7.98. The van der Waals surface area contributed by atoms with Crippen molar-refractivity contribution in [2.45, 2.75) is 6.42 Å². The highest BCUT2D eigenvalue weighted by atomic mass is 35.5. The van der Waals surface area contributed by atoms with E-state index in [4.69, 9.17) is 11.6 Å². The zero-order valence-corrected chi connectivity index (χ0v) is 12.7. The van der Waals surface area contributed by atoms with Gasteiger partial charge in [0.1, 0.15) is 17.7 Å². The van der Waals surface area contributed by atoms with Gasteiger partial charge in [0.05, 0.1) is 18.6 Å². The fraction of sp³-hybridized carbons (Fsp3) is 0.333. The summed E-state index contributed by atoms with van der Waals surface area (Å²) in [6, 6.07) is 0. The van der Waals surface area contributed by atoms with Crippen molar-refractivity contribution in [3.05, 3.63) is 30.1 Å². The van der Waals surface area contributed by atoms with Crippen LogP contribution in [0.1, 0.15) is 6.42 Å². The fourth-order valence-electron chi connectivity index (χ4n) is 1.60. The van der Waals surface area contributed by atoms with Crippen molar-refractivity contribution in [1.82, 2.24) is 19.7 Å². The molecule has 0 aromatic carbocycles. The van der Waals surface area contributed by atoms with Gasteiger partial charge in [0.15, 0.2) is 5.15 Å². The molecule has 0 aliphatic rings. The maximum atomic E-state index is 12.0. The van der Waals surface area contributed by atoms with Crippen molar-refractivity contribution in [3.8, 4) is 5.69 Å². The Morgan fingerprint density at radius 1 is 1.45 bits per heavy atom. The molecular weight excluding hydrogens is 298 g/mol. The van der Waals surface area contributed by atoms with Crippen molar-refractivity contribution in [2.75, 3.05) is 24.0 Å². The number of amides is 1. The molecule has 0 saturated heterocycles. The quantitative estimate of drug-likeness (QED) is 0.845. The lowest BCUT2D eigenvalue weighted by molar-refractivity contribution is -0.117. The van der Waals surface area contributed by atoms with Gasteiger partial charge in [-0.05, 0) is 6.26 Å². The van der Waals surface area contributed by atoms with E-state index < -0.39 is 0 Å². The van der Waals surface area contributed by atoms with Crippen molar-refractivity contribution in [3.63, 3.8) is 0 Å². The first-order valence-corrected chi connectivity index (χ1v) is 7.66. The normalized spacial score (nSPS) is 10.6. The molecule has 20 heavy (non-hydrogen) atoms. The second kappa shape index (κ2) is 6.71. The molecule has 0 fully saturated rings. The maximum Gasteiger partial charge on any atom is 0.227 e. The van der Waals surface area contributed by atoms with Crippen LogP contribution in [0.25, 0.3) is 5.69 Å². The van der Waals surface area contributed by atoms with Crippen LogP contribution in [-0.4, -0.2) is 44.7 Å². The summed E-state index contributed by atoms with van der Waals surface area (Å²) in [4.78, 5) is 21.4. The molecule has 1 amide bonds. The zero-order valence-electron chi connectivity index (χ0n) is 11.2. The van der Waals surface area contributed by atoms with Crippen LogP contribution in [0.3, 0.4) is 0 Å². The second-order valence-corrected chi connectivity index (χ2v) is 5.39. The number of halogens is 1. The van der Waals surface area contributed by atoms with Gasteiger partial charge in [-0.25, -0.2) is 14.6 Å². The van der Waals surface area contributed by atoms with Crippen molar-refractivity contribution in [1.29, 1.82) is 0 Å². The highest BCUT2D eigenvalue weighted by Gasteiger charge is 2.17. The molecule has 2 aromatic heterocycles. The van der Waals surface area contributed by atoms with Crippen LogP contribution in [0.2, 0.25) is 5.15 Å². The molecule has 0 saturated carbocycles. The molecule has 8 heteroatoms. The molecule has 106 valence electrons. The van der Waals surface area contributed by atoms with Gasteiger partial charge in [-0.3, -0.25) is 4.79 Å². The largest absolute Gasteiger partial charge is 0.311 e. The van der Waals surface area contributed by atoms with Gasteiger partial charge in [-0.2, -0.15) is 16.9 Å². The number of hydrogen-bond acceptors (Lipinski definition) is 5. The van der Waals surface area contributed by atoms with Crippen LogP contribution >= 0.6 is 23.4 Å². The predicted molar refractivity (Wildman–Crippen MR) is 80.6 cm³/mol. The number of hydrogen-bond donors (Lipinski definition) is 0. The third-order valence-electron chi connectivity index (χ3n) is 2.72. The summed E-state index contributed by atoms with van der Waals surface area (Å²) in [5.41, 5.74) is 1.26. The smallest absolute Gasteiger partial charge is 0.227 e. The van der Waals surface area contributed by atoms with E-state index in [-0.39, 0.29) is 11.1 Å². The van der Waals surface area contributed by atoms with Gasteiger partial charge < -0.3 is 4.90 Å². The Labute approximate surface area is 126 Å². The van der Waals surface area contributed by atoms with Crippen LogP contribution < -0.4 is 4.90 Å². The summed E-state index contributed by atoms with van der Waals surface area (Å²) in [5, 5.41) is 4.44. The topological polar surface area (TPSA) is 63.9 Å². The van der Waals surface area contributed by atoms with Gasteiger partial charge in [-0.1, -0.05) is 11.6 Å². The van der Waals surface area contributed by atoms with Crippen LogP contribution in [0.15, 0.2) is 24.9 Å². The van der Waals surface area contributed by atoms with E-state index in [2.05, 4.69) is 15.1 Å². The number of thioether (sulfide) groups is 1. The lowest BCUT2D eigenvalue weighted by Gasteiger charge is -2.14. The van der Waals surface area contributed by atoms with Crippen LogP contribution in [0.4, 0.5) is 5.69 Å². The van der Waals surface area contributed by atoms with E-state index in [0.29, 0.717) is 17.8 Å². The standard InChI is InChI=1S/C12H14ClN5OS/c1-17(11(19)3-4-20-2)10-7-18(16-12(10)13)9-5-14-8-15-6-9/h5-8H,3-4H2,1-2H3. The second-order valence-electron chi connectivity index (χ2n) is 4.04. The third-order valence-corrected chi connectivity index (χ3v) is 3.60. The van der Waals surface area contributed by atoms with Gasteiger partial charge >= 0.3 is 0 Å². The molecular formula is C12H14ClN5OS. The lowest BCUT2D eigenvalue weighted by atomic mass is 10.4. The van der Waals surface area contributed by atoms with E-state index in [9.17, 15) is 4.79 Å². The monoisotopic (exact) mass is 311 g/mol. The minimum atomic E-state index is 0.00473. The molecule has 0 radical (unpaired) electrons. The molecule has 0 atom stereocenters. The predicted octanol–water partition coefficient (Wildman–Crippen LogP) is 2.03. The number of anilines is 1. The molecule has 0 aliphatic carbocycles. The van der Waals surface area contributed by atoms with E-state index >= 15 is 0 Å². The Hall–Kier alpha value is -1.60. The molecule has 2 heterocycles. The molecule has 0 N–H and O–H groups in total. The number of nitrogens with zero attached hydrogens (tertiary/aromatic N) is 5. The summed E-state index contributed by atoms with van der Waals surface area (Å²) in [6.07, 6.45) is 8.80. The highest BCUT2D eigenvalue weighted by Crippen LogP contribution is 2.25. The summed E-state index contributed by atoms with van der Waals surface area (Å²) in [5.74, 6) is 0.784. The SMILES string of the molecule is CSCCC(=O)N(C)c1cn(-c2cncnc2)nc1Cl. The summed E-state index contributed by atoms with van der Waals surface area (Å²) >= 11 is 7.73. The van der Waals surface area contributed by atoms with Gasteiger partial charge in [0.2, 0.25) is 5.91 Å². The summed E-state index contributed by atoms with van der Waals surface area (Å²) in [6.45, 7) is 0. The van der Waals surface area contributed by atoms with Crippen molar-refractivity contribution >= 4 is 35.0 Å². The average Bonchev–Trinajstić information content (AvgIpc) is 2.87. The van der Waals surface area contributed by atoms with Crippen LogP contribution in [-0.2, 0) is 4.79 Å². The van der Waals surface area contributed by atoms with E-state index in [1.165, 1.54) is 11.2 Å². The molecule has 0 unspecified atom stereocenters. The molecule has 0 aliphatic heterocycles. The average molecular weight is 312 g/mol. The van der Waals surface area contributed by atoms with E-state index in [1.54, 1.807) is 42.1 Å². The maximum absolute atomic E-state index is 12.0.